The Hall–Kier alpha value is -0.0600. The number of alkyl halides is 1. The van der Waals surface area contributed by atoms with E-state index in [2.05, 4.69) is 21.2 Å². The molecule has 2 atom stereocenters. The molecule has 1 saturated carbocycles. The lowest BCUT2D eigenvalue weighted by molar-refractivity contribution is 0.0949. The Balaban J connectivity index is 1.84. The third-order valence-corrected chi connectivity index (χ3v) is 5.36. The summed E-state index contributed by atoms with van der Waals surface area (Å²) in [4.78, 5) is 12.6. The maximum absolute atomic E-state index is 11.9. The van der Waals surface area contributed by atoms with E-state index >= 15 is 0 Å². The summed E-state index contributed by atoms with van der Waals surface area (Å²) in [5, 5.41) is 3.01. The van der Waals surface area contributed by atoms with Gasteiger partial charge in [-0.15, -0.1) is 22.9 Å². The van der Waals surface area contributed by atoms with Crippen LogP contribution >= 0.6 is 38.9 Å². The van der Waals surface area contributed by atoms with Gasteiger partial charge in [0.1, 0.15) is 0 Å². The van der Waals surface area contributed by atoms with Gasteiger partial charge in [0, 0.05) is 12.4 Å². The molecule has 5 heteroatoms. The second-order valence-electron chi connectivity index (χ2n) is 4.42. The number of nitrogens with one attached hydrogen (secondary N) is 1. The number of hydrogen-bond donors (Lipinski definition) is 1. The third-order valence-electron chi connectivity index (χ3n) is 3.34. The monoisotopic (exact) mass is 335 g/mol. The second kappa shape index (κ2) is 6.21. The van der Waals surface area contributed by atoms with Crippen LogP contribution in [0.25, 0.3) is 0 Å². The summed E-state index contributed by atoms with van der Waals surface area (Å²) >= 11 is 10.7. The van der Waals surface area contributed by atoms with E-state index in [4.69, 9.17) is 11.6 Å². The lowest BCUT2D eigenvalue weighted by atomic mass is 9.98. The van der Waals surface area contributed by atoms with Crippen molar-refractivity contribution in [3.63, 3.8) is 0 Å². The smallest absolute Gasteiger partial charge is 0.261 e. The van der Waals surface area contributed by atoms with Crippen molar-refractivity contribution in [2.75, 3.05) is 12.4 Å². The Kier molecular flexibility index (Phi) is 4.88. The van der Waals surface area contributed by atoms with Crippen LogP contribution in [0, 0.1) is 11.8 Å². The first-order valence-corrected chi connectivity index (χ1v) is 7.94. The van der Waals surface area contributed by atoms with Crippen LogP contribution in [0.4, 0.5) is 0 Å². The van der Waals surface area contributed by atoms with Crippen LogP contribution in [-0.4, -0.2) is 18.3 Å². The van der Waals surface area contributed by atoms with Gasteiger partial charge >= 0.3 is 0 Å². The molecular weight excluding hydrogens is 322 g/mol. The fourth-order valence-electron chi connectivity index (χ4n) is 2.33. The van der Waals surface area contributed by atoms with Crippen molar-refractivity contribution < 1.29 is 4.79 Å². The predicted molar refractivity (Wildman–Crippen MR) is 75.9 cm³/mol. The maximum Gasteiger partial charge on any atom is 0.261 e. The van der Waals surface area contributed by atoms with Gasteiger partial charge in [0.2, 0.25) is 0 Å². The maximum atomic E-state index is 11.9. The zero-order valence-electron chi connectivity index (χ0n) is 9.42. The Labute approximate surface area is 119 Å². The lowest BCUT2D eigenvalue weighted by Crippen LogP contribution is -2.30. The normalized spacial score (nSPS) is 23.9. The molecular formula is C12H15BrClNOS. The standard InChI is InChI=1S/C12H15BrClNOS/c13-11-5-4-10(17-11)12(16)15-7-9-3-1-2-8(9)6-14/h4-5,8-9H,1-3,6-7H2,(H,15,16). The predicted octanol–water partition coefficient (Wildman–Crippen LogP) is 3.90. The van der Waals surface area contributed by atoms with Gasteiger partial charge in [-0.2, -0.15) is 0 Å². The molecule has 2 nitrogen and oxygen atoms in total. The van der Waals surface area contributed by atoms with Crippen LogP contribution in [0.5, 0.6) is 0 Å². The first-order valence-electron chi connectivity index (χ1n) is 5.80. The molecule has 2 rings (SSSR count). The van der Waals surface area contributed by atoms with Gasteiger partial charge in [-0.05, 0) is 52.7 Å². The van der Waals surface area contributed by atoms with E-state index in [1.807, 2.05) is 12.1 Å². The van der Waals surface area contributed by atoms with Crippen molar-refractivity contribution >= 4 is 44.8 Å². The summed E-state index contributed by atoms with van der Waals surface area (Å²) < 4.78 is 0.988. The Bertz CT molecular complexity index is 396. The Morgan fingerprint density at radius 3 is 2.88 bits per heavy atom. The zero-order chi connectivity index (χ0) is 12.3. The molecule has 0 aliphatic heterocycles. The van der Waals surface area contributed by atoms with Crippen LogP contribution in [0.2, 0.25) is 0 Å². The molecule has 1 fully saturated rings. The number of amides is 1. The summed E-state index contributed by atoms with van der Waals surface area (Å²) in [6.45, 7) is 0.756. The number of carbonyl (C=O) groups is 1. The Morgan fingerprint density at radius 2 is 2.24 bits per heavy atom. The van der Waals surface area contributed by atoms with Crippen LogP contribution in [0.15, 0.2) is 15.9 Å². The summed E-state index contributed by atoms with van der Waals surface area (Å²) in [7, 11) is 0. The van der Waals surface area contributed by atoms with Gasteiger partial charge < -0.3 is 5.32 Å². The average molecular weight is 337 g/mol. The van der Waals surface area contributed by atoms with Crippen molar-refractivity contribution in [3.8, 4) is 0 Å². The highest BCUT2D eigenvalue weighted by Gasteiger charge is 2.26. The summed E-state index contributed by atoms with van der Waals surface area (Å²) in [6.07, 6.45) is 3.63. The van der Waals surface area contributed by atoms with Gasteiger partial charge in [0.05, 0.1) is 8.66 Å². The van der Waals surface area contributed by atoms with Crippen molar-refractivity contribution in [3.05, 3.63) is 20.8 Å². The van der Waals surface area contributed by atoms with E-state index < -0.39 is 0 Å². The van der Waals surface area contributed by atoms with Gasteiger partial charge in [-0.1, -0.05) is 6.42 Å². The minimum atomic E-state index is 0.0286. The van der Waals surface area contributed by atoms with Gasteiger partial charge in [0.15, 0.2) is 0 Å². The summed E-state index contributed by atoms with van der Waals surface area (Å²) in [6, 6.07) is 3.74. The molecule has 17 heavy (non-hydrogen) atoms. The van der Waals surface area contributed by atoms with Crippen molar-refractivity contribution in [2.24, 2.45) is 11.8 Å². The minimum absolute atomic E-state index is 0.0286. The number of rotatable bonds is 4. The molecule has 0 aromatic carbocycles. The van der Waals surface area contributed by atoms with Crippen molar-refractivity contribution in [2.45, 2.75) is 19.3 Å². The Morgan fingerprint density at radius 1 is 1.47 bits per heavy atom. The SMILES string of the molecule is O=C(NCC1CCCC1CCl)c1ccc(Br)s1. The first-order chi connectivity index (χ1) is 8.20. The van der Waals surface area contributed by atoms with Crippen LogP contribution in [0.3, 0.4) is 0 Å². The van der Waals surface area contributed by atoms with E-state index in [9.17, 15) is 4.79 Å². The number of thiophene rings is 1. The van der Waals surface area contributed by atoms with Crippen LogP contribution in [0.1, 0.15) is 28.9 Å². The van der Waals surface area contributed by atoms with Crippen LogP contribution in [-0.2, 0) is 0 Å². The molecule has 1 aliphatic carbocycles. The number of carbonyl (C=O) groups excluding carboxylic acids is 1. The van der Waals surface area contributed by atoms with Gasteiger partial charge in [0.25, 0.3) is 5.91 Å². The average Bonchev–Trinajstić information content (AvgIpc) is 2.94. The second-order valence-corrected chi connectivity index (χ2v) is 7.19. The molecule has 0 saturated heterocycles. The molecule has 1 aromatic heterocycles. The van der Waals surface area contributed by atoms with E-state index in [0.29, 0.717) is 17.7 Å². The highest BCUT2D eigenvalue weighted by atomic mass is 79.9. The number of halogens is 2. The minimum Gasteiger partial charge on any atom is -0.351 e. The lowest BCUT2D eigenvalue weighted by Gasteiger charge is -2.17. The summed E-state index contributed by atoms with van der Waals surface area (Å²) in [5.41, 5.74) is 0. The molecule has 1 amide bonds. The molecule has 0 radical (unpaired) electrons. The molecule has 0 spiro atoms. The fourth-order valence-corrected chi connectivity index (χ4v) is 4.04. The van der Waals surface area contributed by atoms with Crippen LogP contribution < -0.4 is 5.32 Å². The zero-order valence-corrected chi connectivity index (χ0v) is 12.6. The van der Waals surface area contributed by atoms with Crippen molar-refractivity contribution in [1.82, 2.24) is 5.32 Å². The van der Waals surface area contributed by atoms with Crippen molar-refractivity contribution in [1.29, 1.82) is 0 Å². The summed E-state index contributed by atoms with van der Waals surface area (Å²) in [5.74, 6) is 1.87. The largest absolute Gasteiger partial charge is 0.351 e. The third kappa shape index (κ3) is 3.46. The quantitative estimate of drug-likeness (QED) is 0.830. The highest BCUT2D eigenvalue weighted by molar-refractivity contribution is 9.11. The highest BCUT2D eigenvalue weighted by Crippen LogP contribution is 2.32. The molecule has 0 bridgehead atoms. The molecule has 1 aromatic rings. The molecule has 1 aliphatic rings. The van der Waals surface area contributed by atoms with E-state index in [1.165, 1.54) is 30.6 Å². The molecule has 94 valence electrons. The molecule has 1 N–H and O–H groups in total. The van der Waals surface area contributed by atoms with E-state index in [-0.39, 0.29) is 5.91 Å². The van der Waals surface area contributed by atoms with E-state index in [1.54, 1.807) is 0 Å². The first kappa shape index (κ1) is 13.4. The topological polar surface area (TPSA) is 29.1 Å². The molecule has 2 unspecified atom stereocenters. The van der Waals surface area contributed by atoms with Gasteiger partial charge in [-0.25, -0.2) is 0 Å². The fraction of sp³-hybridized carbons (Fsp3) is 0.583. The van der Waals surface area contributed by atoms with E-state index in [0.717, 1.165) is 15.2 Å². The van der Waals surface area contributed by atoms with Gasteiger partial charge in [-0.3, -0.25) is 4.79 Å². The molecule has 1 heterocycles. The number of hydrogen-bond acceptors (Lipinski definition) is 2.